The van der Waals surface area contributed by atoms with Crippen molar-refractivity contribution in [3.05, 3.63) is 46.6 Å². The number of piperidine rings is 1. The first-order valence-electron chi connectivity index (χ1n) is 16.1. The van der Waals surface area contributed by atoms with Gasteiger partial charge in [0.15, 0.2) is 11.6 Å². The molecule has 3 heterocycles. The molecule has 1 fully saturated rings. The number of rotatable bonds is 12. The standard InChI is InChI=1S/C32H43N7O4S.C2H6/c1-6-9-20(38(4)5)19-42-26-17-27(43-21-11-14-39(15-12-21)28(41)7-2)37-31(36-26)23(34)16-25(40)32(3)13-8-10-24-29(32)22(18-33)30(35)44-24;1-2/h7,16-17,20-21H,2,6,8-15,19,34-35H2,1,3-5H3;1-2H3/b23-16-;/t20?,32-;/m1./s1. The van der Waals surface area contributed by atoms with Crippen LogP contribution in [0.3, 0.4) is 0 Å². The lowest BCUT2D eigenvalue weighted by Gasteiger charge is -2.32. The lowest BCUT2D eigenvalue weighted by molar-refractivity contribution is -0.127. The summed E-state index contributed by atoms with van der Waals surface area (Å²) in [5, 5.41) is 10.2. The summed E-state index contributed by atoms with van der Waals surface area (Å²) in [6, 6.07) is 4.01. The van der Waals surface area contributed by atoms with E-state index in [1.807, 2.05) is 34.9 Å². The molecule has 12 heteroatoms. The molecule has 1 saturated heterocycles. The third-order valence-electron chi connectivity index (χ3n) is 8.51. The molecule has 0 saturated carbocycles. The maximum absolute atomic E-state index is 13.8. The summed E-state index contributed by atoms with van der Waals surface area (Å²) in [7, 11) is 4.02. The summed E-state index contributed by atoms with van der Waals surface area (Å²) in [5.74, 6) is 0.353. The number of nitrogens with zero attached hydrogens (tertiary/aromatic N) is 5. The van der Waals surface area contributed by atoms with E-state index in [0.29, 0.717) is 61.0 Å². The molecule has 0 spiro atoms. The van der Waals surface area contributed by atoms with Crippen molar-refractivity contribution in [3.63, 3.8) is 0 Å². The van der Waals surface area contributed by atoms with Gasteiger partial charge in [0.05, 0.1) is 22.7 Å². The van der Waals surface area contributed by atoms with E-state index in [-0.39, 0.29) is 41.2 Å². The Kier molecular flexibility index (Phi) is 13.1. The van der Waals surface area contributed by atoms with Crippen molar-refractivity contribution in [1.29, 1.82) is 5.26 Å². The number of fused-ring (bicyclic) bond motifs is 1. The zero-order chi connectivity index (χ0) is 34.0. The molecule has 1 amide bonds. The lowest BCUT2D eigenvalue weighted by atomic mass is 9.69. The van der Waals surface area contributed by atoms with Gasteiger partial charge in [0.2, 0.25) is 17.7 Å². The molecule has 2 aliphatic rings. The number of likely N-dealkylation sites (tertiary alicyclic amines) is 1. The fourth-order valence-corrected chi connectivity index (χ4v) is 7.06. The molecule has 2 aromatic heterocycles. The number of nitrogen functional groups attached to an aromatic ring is 1. The first-order valence-corrected chi connectivity index (χ1v) is 16.9. The van der Waals surface area contributed by atoms with Gasteiger partial charge in [-0.15, -0.1) is 11.3 Å². The van der Waals surface area contributed by atoms with Crippen LogP contribution in [-0.4, -0.2) is 77.4 Å². The van der Waals surface area contributed by atoms with E-state index >= 15 is 0 Å². The summed E-state index contributed by atoms with van der Waals surface area (Å²) < 4.78 is 12.4. The number of likely N-dealkylation sites (N-methyl/N-ethyl adjacent to an activating group) is 1. The van der Waals surface area contributed by atoms with Crippen LogP contribution in [0.5, 0.6) is 11.8 Å². The van der Waals surface area contributed by atoms with Crippen LogP contribution >= 0.6 is 11.3 Å². The van der Waals surface area contributed by atoms with Crippen molar-refractivity contribution >= 4 is 33.7 Å². The minimum absolute atomic E-state index is 0.0736. The van der Waals surface area contributed by atoms with Gasteiger partial charge in [0.25, 0.3) is 0 Å². The minimum atomic E-state index is -0.944. The molecule has 2 aromatic rings. The minimum Gasteiger partial charge on any atom is -0.476 e. The Balaban J connectivity index is 0.00000282. The maximum atomic E-state index is 13.8. The number of aryl methyl sites for hydroxylation is 1. The van der Waals surface area contributed by atoms with Gasteiger partial charge in [-0.1, -0.05) is 33.8 Å². The molecule has 2 atom stereocenters. The maximum Gasteiger partial charge on any atom is 0.245 e. The molecule has 1 unspecified atom stereocenters. The summed E-state index contributed by atoms with van der Waals surface area (Å²) >= 11 is 1.38. The molecule has 0 radical (unpaired) electrons. The van der Waals surface area contributed by atoms with E-state index in [0.717, 1.165) is 30.6 Å². The van der Waals surface area contributed by atoms with E-state index in [4.69, 9.17) is 20.9 Å². The van der Waals surface area contributed by atoms with Crippen molar-refractivity contribution in [2.45, 2.75) is 90.2 Å². The van der Waals surface area contributed by atoms with Crippen LogP contribution in [0.4, 0.5) is 5.00 Å². The van der Waals surface area contributed by atoms with E-state index in [9.17, 15) is 14.9 Å². The van der Waals surface area contributed by atoms with Gasteiger partial charge >= 0.3 is 0 Å². The first kappa shape index (κ1) is 36.5. The Morgan fingerprint density at radius 2 is 1.96 bits per heavy atom. The molecule has 1 aliphatic carbocycles. The number of hydrogen-bond acceptors (Lipinski definition) is 11. The molecule has 4 rings (SSSR count). The van der Waals surface area contributed by atoms with Crippen molar-refractivity contribution in [2.24, 2.45) is 5.73 Å². The number of allylic oxidation sites excluding steroid dienone is 1. The summed E-state index contributed by atoms with van der Waals surface area (Å²) in [6.07, 6.45) is 7.86. The molecule has 11 nitrogen and oxygen atoms in total. The van der Waals surface area contributed by atoms with Crippen LogP contribution < -0.4 is 20.9 Å². The van der Waals surface area contributed by atoms with E-state index in [1.165, 1.54) is 23.5 Å². The zero-order valence-electron chi connectivity index (χ0n) is 28.1. The SMILES string of the molecule is C=CC(=O)N1CCC(Oc2cc(OCC(CCC)N(C)C)nc(/C(N)=C/C(=O)[C@@]3(C)CCCc4sc(N)c(C#N)c43)n2)CC1.CC. The molecule has 46 heavy (non-hydrogen) atoms. The smallest absolute Gasteiger partial charge is 0.245 e. The number of hydrogen-bond donors (Lipinski definition) is 2. The fourth-order valence-electron chi connectivity index (χ4n) is 5.87. The number of ether oxygens (including phenoxy) is 2. The Morgan fingerprint density at radius 1 is 1.28 bits per heavy atom. The molecular formula is C34H49N7O4S. The molecule has 4 N–H and O–H groups in total. The van der Waals surface area contributed by atoms with Crippen LogP contribution in [0.2, 0.25) is 0 Å². The van der Waals surface area contributed by atoms with Crippen molar-refractivity contribution in [2.75, 3.05) is 39.5 Å². The highest BCUT2D eigenvalue weighted by atomic mass is 32.1. The average Bonchev–Trinajstić information content (AvgIpc) is 3.39. The van der Waals surface area contributed by atoms with Crippen LogP contribution in [-0.2, 0) is 21.4 Å². The summed E-state index contributed by atoms with van der Waals surface area (Å²) in [6.45, 7) is 13.0. The Hall–Kier alpha value is -3.95. The number of aromatic nitrogens is 2. The van der Waals surface area contributed by atoms with Crippen molar-refractivity contribution in [1.82, 2.24) is 19.8 Å². The van der Waals surface area contributed by atoms with Crippen LogP contribution in [0.1, 0.15) is 88.0 Å². The van der Waals surface area contributed by atoms with Crippen LogP contribution in [0, 0.1) is 11.3 Å². The van der Waals surface area contributed by atoms with Crippen LogP contribution in [0.15, 0.2) is 24.8 Å². The Bertz CT molecular complexity index is 1460. The highest BCUT2D eigenvalue weighted by molar-refractivity contribution is 7.16. The predicted octanol–water partition coefficient (Wildman–Crippen LogP) is 4.85. The van der Waals surface area contributed by atoms with Gasteiger partial charge in [-0.3, -0.25) is 9.59 Å². The highest BCUT2D eigenvalue weighted by Crippen LogP contribution is 2.46. The summed E-state index contributed by atoms with van der Waals surface area (Å²) in [4.78, 5) is 39.8. The molecule has 250 valence electrons. The molecular weight excluding hydrogens is 602 g/mol. The van der Waals surface area contributed by atoms with Crippen molar-refractivity contribution in [3.8, 4) is 17.8 Å². The quantitative estimate of drug-likeness (QED) is 0.304. The lowest BCUT2D eigenvalue weighted by Crippen LogP contribution is -2.41. The normalized spacial score (nSPS) is 18.9. The van der Waals surface area contributed by atoms with Gasteiger partial charge in [-0.25, -0.2) is 0 Å². The average molecular weight is 652 g/mol. The number of thiophene rings is 1. The second-order valence-electron chi connectivity index (χ2n) is 11.8. The highest BCUT2D eigenvalue weighted by Gasteiger charge is 2.42. The number of ketones is 1. The Labute approximate surface area is 277 Å². The largest absolute Gasteiger partial charge is 0.476 e. The van der Waals surface area contributed by atoms with Gasteiger partial charge in [-0.05, 0) is 58.3 Å². The van der Waals surface area contributed by atoms with E-state index < -0.39 is 5.41 Å². The number of nitriles is 1. The summed E-state index contributed by atoms with van der Waals surface area (Å²) in [5.41, 5.74) is 12.9. The number of amides is 1. The number of anilines is 1. The van der Waals surface area contributed by atoms with Gasteiger partial charge in [0.1, 0.15) is 23.8 Å². The molecule has 0 aromatic carbocycles. The van der Waals surface area contributed by atoms with E-state index in [1.54, 1.807) is 11.0 Å². The topological polar surface area (TPSA) is 161 Å². The number of carbonyl (C=O) groups is 2. The third-order valence-corrected chi connectivity index (χ3v) is 9.59. The zero-order valence-corrected chi connectivity index (χ0v) is 28.9. The fraction of sp³-hybridized carbons (Fsp3) is 0.559. The number of carbonyl (C=O) groups excluding carboxylic acids is 2. The van der Waals surface area contributed by atoms with Gasteiger partial charge < -0.3 is 30.7 Å². The van der Waals surface area contributed by atoms with Crippen molar-refractivity contribution < 1.29 is 19.1 Å². The second kappa shape index (κ2) is 16.6. The predicted molar refractivity (Wildman–Crippen MR) is 183 cm³/mol. The third kappa shape index (κ3) is 8.44. The van der Waals surface area contributed by atoms with Gasteiger partial charge in [0, 0.05) is 42.9 Å². The monoisotopic (exact) mass is 651 g/mol. The Morgan fingerprint density at radius 3 is 2.57 bits per heavy atom. The molecule has 0 bridgehead atoms. The second-order valence-corrected chi connectivity index (χ2v) is 13.0. The number of nitrogens with two attached hydrogens (primary N) is 2. The van der Waals surface area contributed by atoms with E-state index in [2.05, 4.69) is 34.4 Å². The van der Waals surface area contributed by atoms with Gasteiger partial charge in [-0.2, -0.15) is 15.2 Å². The molecule has 1 aliphatic heterocycles. The van der Waals surface area contributed by atoms with Crippen LogP contribution in [0.25, 0.3) is 5.70 Å². The first-order chi connectivity index (χ1) is 22.0.